The van der Waals surface area contributed by atoms with Gasteiger partial charge in [-0.25, -0.2) is 4.98 Å². The summed E-state index contributed by atoms with van der Waals surface area (Å²) >= 11 is 6.59. The molecule has 1 aromatic heterocycles. The number of imidazole rings is 1. The van der Waals surface area contributed by atoms with Crippen molar-refractivity contribution in [2.24, 2.45) is 7.05 Å². The first-order valence-corrected chi connectivity index (χ1v) is 13.6. The minimum absolute atomic E-state index is 0.203. The van der Waals surface area contributed by atoms with Gasteiger partial charge in [0.2, 0.25) is 11.8 Å². The lowest BCUT2D eigenvalue weighted by molar-refractivity contribution is -0.136. The van der Waals surface area contributed by atoms with Crippen molar-refractivity contribution in [1.29, 1.82) is 0 Å². The largest absolute Gasteiger partial charge is 0.348 e. The molecule has 41 heavy (non-hydrogen) atoms. The van der Waals surface area contributed by atoms with Crippen molar-refractivity contribution in [3.63, 3.8) is 0 Å². The van der Waals surface area contributed by atoms with E-state index in [-0.39, 0.29) is 30.7 Å². The molecule has 1 fully saturated rings. The van der Waals surface area contributed by atoms with E-state index in [0.717, 1.165) is 27.9 Å². The highest BCUT2D eigenvalue weighted by molar-refractivity contribution is 6.34. The molecule has 0 saturated carbocycles. The van der Waals surface area contributed by atoms with E-state index >= 15 is 0 Å². The number of hydrogen-bond acceptors (Lipinski definition) is 5. The number of nitrogens with zero attached hydrogens (tertiary/aromatic N) is 3. The number of carbonyl (C=O) groups excluding carboxylic acids is 4. The predicted molar refractivity (Wildman–Crippen MR) is 153 cm³/mol. The van der Waals surface area contributed by atoms with Gasteiger partial charge in [0.25, 0.3) is 11.8 Å². The zero-order chi connectivity index (χ0) is 28.7. The highest BCUT2D eigenvalue weighted by atomic mass is 35.5. The summed E-state index contributed by atoms with van der Waals surface area (Å²) in [5, 5.41) is 5.55. The van der Waals surface area contributed by atoms with Gasteiger partial charge in [-0.1, -0.05) is 54.1 Å². The number of amides is 4. The smallest absolute Gasteiger partial charge is 0.255 e. The monoisotopic (exact) mass is 567 g/mol. The number of benzene rings is 3. The molecule has 4 amide bonds. The highest BCUT2D eigenvalue weighted by Crippen LogP contribution is 2.36. The number of aryl methyl sites for hydroxylation is 1. The van der Waals surface area contributed by atoms with Crippen molar-refractivity contribution < 1.29 is 19.2 Å². The third-order valence-corrected chi connectivity index (χ3v) is 7.83. The van der Waals surface area contributed by atoms with Crippen LogP contribution in [0.4, 0.5) is 0 Å². The minimum Gasteiger partial charge on any atom is -0.348 e. The molecule has 4 aromatic rings. The molecular weight excluding hydrogens is 542 g/mol. The van der Waals surface area contributed by atoms with Crippen molar-refractivity contribution >= 4 is 35.2 Å². The Hall–Kier alpha value is -4.76. The van der Waals surface area contributed by atoms with Crippen LogP contribution in [0.15, 0.2) is 73.1 Å². The van der Waals surface area contributed by atoms with Gasteiger partial charge in [-0.05, 0) is 41.8 Å². The summed E-state index contributed by atoms with van der Waals surface area (Å²) in [7, 11) is 1.88. The van der Waals surface area contributed by atoms with Gasteiger partial charge in [0.15, 0.2) is 0 Å². The Morgan fingerprint density at radius 1 is 1.05 bits per heavy atom. The van der Waals surface area contributed by atoms with Crippen molar-refractivity contribution in [2.45, 2.75) is 32.0 Å². The summed E-state index contributed by atoms with van der Waals surface area (Å²) in [5.74, 6) is -1.25. The number of fused-ring (bicyclic) bond motifs is 1. The molecular formula is C31H26ClN5O4. The van der Waals surface area contributed by atoms with Gasteiger partial charge in [-0.3, -0.25) is 24.5 Å². The van der Waals surface area contributed by atoms with Gasteiger partial charge in [-0.15, -0.1) is 0 Å². The zero-order valence-corrected chi connectivity index (χ0v) is 22.9. The Kier molecular flexibility index (Phi) is 6.88. The van der Waals surface area contributed by atoms with Crippen LogP contribution in [0, 0.1) is 0 Å². The fraction of sp³-hybridized carbons (Fsp3) is 0.194. The second kappa shape index (κ2) is 10.7. The molecule has 0 bridgehead atoms. The van der Waals surface area contributed by atoms with Gasteiger partial charge in [0.1, 0.15) is 6.04 Å². The summed E-state index contributed by atoms with van der Waals surface area (Å²) < 4.78 is 1.88. The predicted octanol–water partition coefficient (Wildman–Crippen LogP) is 4.10. The molecule has 1 atom stereocenters. The van der Waals surface area contributed by atoms with Crippen LogP contribution in [0.25, 0.3) is 22.5 Å². The SMILES string of the molecule is Cn1cnc(-c2ccc3c(c2)CN(C2CCC(=O)NC2=O)C3=O)c1-c1ccc(C(=O)NCc2ccccc2)c(Cl)c1. The van der Waals surface area contributed by atoms with Crippen LogP contribution in [-0.4, -0.2) is 44.1 Å². The molecule has 3 heterocycles. The van der Waals surface area contributed by atoms with Crippen LogP contribution in [0.1, 0.15) is 44.7 Å². The first kappa shape index (κ1) is 26.5. The molecule has 206 valence electrons. The maximum atomic E-state index is 13.1. The van der Waals surface area contributed by atoms with Gasteiger partial charge in [-0.2, -0.15) is 0 Å². The van der Waals surface area contributed by atoms with E-state index in [1.807, 2.05) is 60.1 Å². The summed E-state index contributed by atoms with van der Waals surface area (Å²) in [6.45, 7) is 0.667. The van der Waals surface area contributed by atoms with Gasteiger partial charge >= 0.3 is 0 Å². The average Bonchev–Trinajstić information content (AvgIpc) is 3.51. The molecule has 2 N–H and O–H groups in total. The number of hydrogen-bond donors (Lipinski definition) is 2. The molecule has 10 heteroatoms. The molecule has 9 nitrogen and oxygen atoms in total. The third-order valence-electron chi connectivity index (χ3n) is 7.52. The summed E-state index contributed by atoms with van der Waals surface area (Å²) in [6.07, 6.45) is 2.21. The molecule has 0 radical (unpaired) electrons. The van der Waals surface area contributed by atoms with Crippen LogP contribution in [-0.2, 0) is 29.7 Å². The Bertz CT molecular complexity index is 1710. The first-order chi connectivity index (χ1) is 19.8. The third kappa shape index (κ3) is 5.00. The molecule has 0 aliphatic carbocycles. The number of piperidine rings is 1. The van der Waals surface area contributed by atoms with E-state index in [0.29, 0.717) is 34.8 Å². The van der Waals surface area contributed by atoms with E-state index in [1.165, 1.54) is 4.90 Å². The molecule has 3 aromatic carbocycles. The van der Waals surface area contributed by atoms with Crippen molar-refractivity contribution in [3.8, 4) is 22.5 Å². The number of rotatable bonds is 6. The number of halogens is 1. The number of imide groups is 1. The fourth-order valence-corrected chi connectivity index (χ4v) is 5.69. The fourth-order valence-electron chi connectivity index (χ4n) is 5.42. The summed E-state index contributed by atoms with van der Waals surface area (Å²) in [4.78, 5) is 56.0. The quantitative estimate of drug-likeness (QED) is 0.341. The molecule has 1 unspecified atom stereocenters. The topological polar surface area (TPSA) is 113 Å². The van der Waals surface area contributed by atoms with E-state index < -0.39 is 11.9 Å². The Labute approximate surface area is 241 Å². The van der Waals surface area contributed by atoms with Crippen molar-refractivity contribution in [1.82, 2.24) is 25.1 Å². The number of aromatic nitrogens is 2. The van der Waals surface area contributed by atoms with E-state index in [1.54, 1.807) is 24.5 Å². The van der Waals surface area contributed by atoms with Gasteiger partial charge in [0.05, 0.1) is 28.3 Å². The second-order valence-corrected chi connectivity index (χ2v) is 10.6. The maximum Gasteiger partial charge on any atom is 0.255 e. The van der Waals surface area contributed by atoms with Crippen LogP contribution in [0.5, 0.6) is 0 Å². The lowest BCUT2D eigenvalue weighted by Crippen LogP contribution is -2.52. The minimum atomic E-state index is -0.674. The lowest BCUT2D eigenvalue weighted by Gasteiger charge is -2.29. The standard InChI is InChI=1S/C31H26ClN5O4/c1-36-17-34-27(19-7-9-22-21(13-19)16-37(31(22)41)25-11-12-26(38)35-30(25)40)28(36)20-8-10-23(24(32)14-20)29(39)33-15-18-5-3-2-4-6-18/h2-10,13-14,17,25H,11-12,15-16H2,1H3,(H,33,39)(H,35,38,40). The molecule has 6 rings (SSSR count). The number of carbonyl (C=O) groups is 4. The van der Waals surface area contributed by atoms with Crippen molar-refractivity contribution in [2.75, 3.05) is 0 Å². The second-order valence-electron chi connectivity index (χ2n) is 10.2. The van der Waals surface area contributed by atoms with Crippen LogP contribution < -0.4 is 10.6 Å². The van der Waals surface area contributed by atoms with Crippen LogP contribution in [0.2, 0.25) is 5.02 Å². The zero-order valence-electron chi connectivity index (χ0n) is 22.2. The summed E-state index contributed by atoms with van der Waals surface area (Å²) in [5.41, 5.74) is 5.77. The molecule has 2 aliphatic rings. The molecule has 1 saturated heterocycles. The summed E-state index contributed by atoms with van der Waals surface area (Å²) in [6, 6.07) is 19.8. The average molecular weight is 568 g/mol. The highest BCUT2D eigenvalue weighted by Gasteiger charge is 2.39. The van der Waals surface area contributed by atoms with Crippen molar-refractivity contribution in [3.05, 3.63) is 100 Å². The Morgan fingerprint density at radius 3 is 2.59 bits per heavy atom. The maximum absolute atomic E-state index is 13.1. The van der Waals surface area contributed by atoms with Crippen LogP contribution >= 0.6 is 11.6 Å². The Morgan fingerprint density at radius 2 is 1.83 bits per heavy atom. The normalized spacial score (nSPS) is 16.5. The first-order valence-electron chi connectivity index (χ1n) is 13.2. The lowest BCUT2D eigenvalue weighted by atomic mass is 10.00. The van der Waals surface area contributed by atoms with Crippen LogP contribution in [0.3, 0.4) is 0 Å². The van der Waals surface area contributed by atoms with Gasteiger partial charge in [0, 0.05) is 43.2 Å². The molecule has 0 spiro atoms. The molecule has 2 aliphatic heterocycles. The van der Waals surface area contributed by atoms with E-state index in [9.17, 15) is 19.2 Å². The van der Waals surface area contributed by atoms with E-state index in [4.69, 9.17) is 11.6 Å². The number of nitrogens with one attached hydrogen (secondary N) is 2. The van der Waals surface area contributed by atoms with Gasteiger partial charge < -0.3 is 14.8 Å². The Balaban J connectivity index is 1.24. The van der Waals surface area contributed by atoms with E-state index in [2.05, 4.69) is 15.6 Å².